The van der Waals surface area contributed by atoms with Crippen molar-refractivity contribution in [3.63, 3.8) is 0 Å². The van der Waals surface area contributed by atoms with E-state index in [1.54, 1.807) is 0 Å². The van der Waals surface area contributed by atoms with Crippen molar-refractivity contribution in [3.05, 3.63) is 0 Å². The standard InChI is InChI=1S/C17H33NO/c1-16(2,3)15-4-8-17(13-18,9-5-15)12-14-6-10-19-11-7-14/h14-15H,4-13,18H2,1-3H3. The van der Waals surface area contributed by atoms with E-state index in [0.717, 1.165) is 31.6 Å². The molecule has 112 valence electrons. The zero-order chi connectivity index (χ0) is 13.9. The van der Waals surface area contributed by atoms with Gasteiger partial charge in [0.2, 0.25) is 0 Å². The molecule has 1 heterocycles. The molecule has 0 bridgehead atoms. The molecule has 1 saturated carbocycles. The zero-order valence-electron chi connectivity index (χ0n) is 13.2. The summed E-state index contributed by atoms with van der Waals surface area (Å²) in [6.45, 7) is 10.0. The van der Waals surface area contributed by atoms with Gasteiger partial charge < -0.3 is 10.5 Å². The summed E-state index contributed by atoms with van der Waals surface area (Å²) < 4.78 is 5.49. The molecule has 0 aromatic rings. The average Bonchev–Trinajstić information content (AvgIpc) is 2.39. The molecule has 2 heteroatoms. The van der Waals surface area contributed by atoms with Gasteiger partial charge in [-0.2, -0.15) is 0 Å². The monoisotopic (exact) mass is 267 g/mol. The van der Waals surface area contributed by atoms with Gasteiger partial charge in [-0.1, -0.05) is 20.8 Å². The molecule has 0 radical (unpaired) electrons. The third-order valence-corrected chi connectivity index (χ3v) is 5.77. The van der Waals surface area contributed by atoms with E-state index in [0.29, 0.717) is 10.8 Å². The van der Waals surface area contributed by atoms with E-state index in [2.05, 4.69) is 20.8 Å². The Balaban J connectivity index is 1.90. The molecule has 2 aliphatic rings. The quantitative estimate of drug-likeness (QED) is 0.839. The molecule has 19 heavy (non-hydrogen) atoms. The van der Waals surface area contributed by atoms with Gasteiger partial charge in [0.25, 0.3) is 0 Å². The van der Waals surface area contributed by atoms with Crippen LogP contribution < -0.4 is 5.73 Å². The summed E-state index contributed by atoms with van der Waals surface area (Å²) in [5.74, 6) is 1.75. The summed E-state index contributed by atoms with van der Waals surface area (Å²) in [5, 5.41) is 0. The van der Waals surface area contributed by atoms with Gasteiger partial charge in [0.15, 0.2) is 0 Å². The van der Waals surface area contributed by atoms with Crippen LogP contribution in [0.5, 0.6) is 0 Å². The first kappa shape index (κ1) is 15.3. The van der Waals surface area contributed by atoms with Crippen LogP contribution in [0.25, 0.3) is 0 Å². The lowest BCUT2D eigenvalue weighted by Crippen LogP contribution is -2.39. The van der Waals surface area contributed by atoms with Crippen LogP contribution in [-0.4, -0.2) is 19.8 Å². The molecule has 1 saturated heterocycles. The minimum Gasteiger partial charge on any atom is -0.381 e. The van der Waals surface area contributed by atoms with E-state index in [1.165, 1.54) is 44.9 Å². The molecule has 0 aromatic carbocycles. The predicted molar refractivity (Wildman–Crippen MR) is 81.1 cm³/mol. The van der Waals surface area contributed by atoms with Crippen LogP contribution in [0, 0.1) is 22.7 Å². The molecule has 0 aromatic heterocycles. The van der Waals surface area contributed by atoms with E-state index < -0.39 is 0 Å². The normalized spacial score (nSPS) is 34.4. The fourth-order valence-corrected chi connectivity index (χ4v) is 4.15. The minimum absolute atomic E-state index is 0.448. The van der Waals surface area contributed by atoms with Crippen molar-refractivity contribution < 1.29 is 4.74 Å². The third kappa shape index (κ3) is 3.95. The highest BCUT2D eigenvalue weighted by Gasteiger charge is 2.39. The van der Waals surface area contributed by atoms with Crippen LogP contribution in [-0.2, 0) is 4.74 Å². The Labute approximate surface area is 119 Å². The van der Waals surface area contributed by atoms with Crippen molar-refractivity contribution >= 4 is 0 Å². The van der Waals surface area contributed by atoms with Crippen LogP contribution in [0.1, 0.15) is 65.7 Å². The minimum atomic E-state index is 0.448. The smallest absolute Gasteiger partial charge is 0.0468 e. The van der Waals surface area contributed by atoms with Crippen molar-refractivity contribution in [2.75, 3.05) is 19.8 Å². The highest BCUT2D eigenvalue weighted by Crippen LogP contribution is 2.48. The highest BCUT2D eigenvalue weighted by molar-refractivity contribution is 4.91. The Kier molecular flexibility index (Phi) is 4.94. The van der Waals surface area contributed by atoms with E-state index >= 15 is 0 Å². The Morgan fingerprint density at radius 1 is 1.05 bits per heavy atom. The first-order chi connectivity index (χ1) is 8.95. The molecule has 1 aliphatic heterocycles. The maximum Gasteiger partial charge on any atom is 0.0468 e. The lowest BCUT2D eigenvalue weighted by atomic mass is 9.61. The second-order valence-corrected chi connectivity index (χ2v) is 8.10. The largest absolute Gasteiger partial charge is 0.381 e. The topological polar surface area (TPSA) is 35.2 Å². The summed E-state index contributed by atoms with van der Waals surface area (Å²) in [5.41, 5.74) is 7.10. The molecule has 1 aliphatic carbocycles. The van der Waals surface area contributed by atoms with Crippen molar-refractivity contribution in [2.45, 2.75) is 65.7 Å². The van der Waals surface area contributed by atoms with E-state index in [9.17, 15) is 0 Å². The van der Waals surface area contributed by atoms with E-state index in [1.807, 2.05) is 0 Å². The molecule has 2 fully saturated rings. The maximum atomic E-state index is 6.18. The van der Waals surface area contributed by atoms with Crippen molar-refractivity contribution in [1.29, 1.82) is 0 Å². The van der Waals surface area contributed by atoms with Crippen molar-refractivity contribution in [2.24, 2.45) is 28.4 Å². The van der Waals surface area contributed by atoms with E-state index in [-0.39, 0.29) is 0 Å². The first-order valence-corrected chi connectivity index (χ1v) is 8.23. The Morgan fingerprint density at radius 2 is 1.63 bits per heavy atom. The molecule has 2 rings (SSSR count). The van der Waals surface area contributed by atoms with Gasteiger partial charge in [-0.3, -0.25) is 0 Å². The van der Waals surface area contributed by atoms with Crippen LogP contribution >= 0.6 is 0 Å². The third-order valence-electron chi connectivity index (χ3n) is 5.77. The second kappa shape index (κ2) is 6.13. The second-order valence-electron chi connectivity index (χ2n) is 8.10. The molecule has 2 N–H and O–H groups in total. The van der Waals surface area contributed by atoms with Gasteiger partial charge in [-0.25, -0.2) is 0 Å². The number of ether oxygens (including phenoxy) is 1. The molecular weight excluding hydrogens is 234 g/mol. The van der Waals surface area contributed by atoms with Crippen LogP contribution in [0.2, 0.25) is 0 Å². The zero-order valence-corrected chi connectivity index (χ0v) is 13.2. The molecule has 2 nitrogen and oxygen atoms in total. The molecule has 0 atom stereocenters. The predicted octanol–water partition coefficient (Wildman–Crippen LogP) is 3.98. The summed E-state index contributed by atoms with van der Waals surface area (Å²) in [4.78, 5) is 0. The fourth-order valence-electron chi connectivity index (χ4n) is 4.15. The molecule has 0 amide bonds. The summed E-state index contributed by atoms with van der Waals surface area (Å²) >= 11 is 0. The van der Waals surface area contributed by atoms with Gasteiger partial charge in [0.05, 0.1) is 0 Å². The first-order valence-electron chi connectivity index (χ1n) is 8.23. The van der Waals surface area contributed by atoms with Crippen molar-refractivity contribution in [1.82, 2.24) is 0 Å². The maximum absolute atomic E-state index is 6.18. The lowest BCUT2D eigenvalue weighted by Gasteiger charge is -2.45. The molecule has 0 spiro atoms. The van der Waals surface area contributed by atoms with Gasteiger partial charge in [-0.15, -0.1) is 0 Å². The highest BCUT2D eigenvalue weighted by atomic mass is 16.5. The summed E-state index contributed by atoms with van der Waals surface area (Å²) in [7, 11) is 0. The number of hydrogen-bond donors (Lipinski definition) is 1. The fraction of sp³-hybridized carbons (Fsp3) is 1.00. The Morgan fingerprint density at radius 3 is 2.11 bits per heavy atom. The lowest BCUT2D eigenvalue weighted by molar-refractivity contribution is 0.0257. The Hall–Kier alpha value is -0.0800. The van der Waals surface area contributed by atoms with Gasteiger partial charge >= 0.3 is 0 Å². The van der Waals surface area contributed by atoms with Crippen molar-refractivity contribution in [3.8, 4) is 0 Å². The van der Waals surface area contributed by atoms with Gasteiger partial charge in [0, 0.05) is 13.2 Å². The number of rotatable bonds is 3. The van der Waals surface area contributed by atoms with Crippen LogP contribution in [0.15, 0.2) is 0 Å². The van der Waals surface area contributed by atoms with Gasteiger partial charge in [0.1, 0.15) is 0 Å². The molecular formula is C17H33NO. The number of hydrogen-bond acceptors (Lipinski definition) is 2. The van der Waals surface area contributed by atoms with E-state index in [4.69, 9.17) is 10.5 Å². The Bertz CT molecular complexity index is 267. The van der Waals surface area contributed by atoms with Crippen LogP contribution in [0.3, 0.4) is 0 Å². The van der Waals surface area contributed by atoms with Crippen LogP contribution in [0.4, 0.5) is 0 Å². The van der Waals surface area contributed by atoms with Gasteiger partial charge in [-0.05, 0) is 74.2 Å². The summed E-state index contributed by atoms with van der Waals surface area (Å²) in [6, 6.07) is 0. The SMILES string of the molecule is CC(C)(C)C1CCC(CN)(CC2CCOCC2)CC1. The summed E-state index contributed by atoms with van der Waals surface area (Å²) in [6.07, 6.45) is 9.32. The number of nitrogens with two attached hydrogens (primary N) is 1. The average molecular weight is 267 g/mol. The molecule has 0 unspecified atom stereocenters.